The number of furan rings is 1. The second-order valence-corrected chi connectivity index (χ2v) is 4.38. The van der Waals surface area contributed by atoms with E-state index in [1.54, 1.807) is 12.5 Å². The first-order valence-electron chi connectivity index (χ1n) is 6.19. The van der Waals surface area contributed by atoms with E-state index in [0.29, 0.717) is 0 Å². The predicted octanol–water partition coefficient (Wildman–Crippen LogP) is 3.02. The average Bonchev–Trinajstić information content (AvgIpc) is 3.04. The van der Waals surface area contributed by atoms with Gasteiger partial charge >= 0.3 is 0 Å². The number of hydrogen-bond acceptors (Lipinski definition) is 2. The van der Waals surface area contributed by atoms with E-state index in [9.17, 15) is 0 Å². The minimum Gasteiger partial charge on any atom is -0.472 e. The van der Waals surface area contributed by atoms with E-state index in [1.165, 1.54) is 16.5 Å². The third-order valence-electron chi connectivity index (χ3n) is 3.12. The summed E-state index contributed by atoms with van der Waals surface area (Å²) in [6, 6.07) is 12.6. The van der Waals surface area contributed by atoms with Gasteiger partial charge in [-0.2, -0.15) is 0 Å². The third-order valence-corrected chi connectivity index (χ3v) is 3.12. The Bertz CT molecular complexity index is 610. The maximum absolute atomic E-state index is 5.03. The summed E-state index contributed by atoms with van der Waals surface area (Å²) >= 11 is 0. The molecule has 2 heterocycles. The van der Waals surface area contributed by atoms with Crippen LogP contribution in [-0.4, -0.2) is 11.1 Å². The van der Waals surface area contributed by atoms with Gasteiger partial charge in [0.15, 0.2) is 0 Å². The molecule has 0 fully saturated rings. The van der Waals surface area contributed by atoms with Gasteiger partial charge in [0.25, 0.3) is 0 Å². The molecule has 0 spiro atoms. The zero-order valence-electron chi connectivity index (χ0n) is 10.2. The predicted molar refractivity (Wildman–Crippen MR) is 72.4 cm³/mol. The number of benzene rings is 1. The van der Waals surface area contributed by atoms with Crippen LogP contribution in [0.15, 0.2) is 59.5 Å². The lowest BCUT2D eigenvalue weighted by Crippen LogP contribution is -2.18. The number of nitrogens with zero attached hydrogens (tertiary/aromatic N) is 1. The number of nitrogens with one attached hydrogen (secondary N) is 1. The Labute approximate surface area is 106 Å². The van der Waals surface area contributed by atoms with Gasteiger partial charge in [-0.05, 0) is 23.6 Å². The first-order valence-corrected chi connectivity index (χ1v) is 6.19. The molecule has 1 N–H and O–H groups in total. The van der Waals surface area contributed by atoms with Gasteiger partial charge in [-0.1, -0.05) is 18.2 Å². The minimum atomic E-state index is 0.857. The molecule has 0 aliphatic carbocycles. The van der Waals surface area contributed by atoms with Crippen molar-refractivity contribution in [3.8, 4) is 0 Å². The summed E-state index contributed by atoms with van der Waals surface area (Å²) in [6.07, 6.45) is 5.62. The Morgan fingerprint density at radius 1 is 1.11 bits per heavy atom. The molecule has 2 aromatic heterocycles. The second kappa shape index (κ2) is 5.10. The highest BCUT2D eigenvalue weighted by Crippen LogP contribution is 2.14. The number of aromatic nitrogens is 1. The second-order valence-electron chi connectivity index (χ2n) is 4.38. The molecule has 0 unspecified atom stereocenters. The van der Waals surface area contributed by atoms with Gasteiger partial charge < -0.3 is 14.3 Å². The zero-order valence-corrected chi connectivity index (χ0v) is 10.2. The Morgan fingerprint density at radius 3 is 2.94 bits per heavy atom. The normalized spacial score (nSPS) is 11.1. The number of fused-ring (bicyclic) bond motifs is 1. The Hall–Kier alpha value is -2.00. The summed E-state index contributed by atoms with van der Waals surface area (Å²) in [5.74, 6) is 0. The van der Waals surface area contributed by atoms with Gasteiger partial charge in [-0.25, -0.2) is 0 Å². The van der Waals surface area contributed by atoms with E-state index in [-0.39, 0.29) is 0 Å². The van der Waals surface area contributed by atoms with Gasteiger partial charge in [-0.15, -0.1) is 0 Å². The van der Waals surface area contributed by atoms with Crippen LogP contribution in [0.5, 0.6) is 0 Å². The molecule has 0 bridgehead atoms. The van der Waals surface area contributed by atoms with Gasteiger partial charge in [0, 0.05) is 36.9 Å². The molecular formula is C15H16N2O. The van der Waals surface area contributed by atoms with Crippen molar-refractivity contribution in [2.24, 2.45) is 0 Å². The lowest BCUT2D eigenvalue weighted by Gasteiger charge is -2.06. The van der Waals surface area contributed by atoms with E-state index in [4.69, 9.17) is 4.42 Å². The molecule has 0 aliphatic heterocycles. The van der Waals surface area contributed by atoms with E-state index in [1.807, 2.05) is 6.07 Å². The van der Waals surface area contributed by atoms with Crippen LogP contribution in [-0.2, 0) is 13.1 Å². The fourth-order valence-electron chi connectivity index (χ4n) is 2.16. The minimum absolute atomic E-state index is 0.857. The van der Waals surface area contributed by atoms with Crippen molar-refractivity contribution in [2.75, 3.05) is 6.54 Å². The largest absolute Gasteiger partial charge is 0.472 e. The fourth-order valence-corrected chi connectivity index (χ4v) is 2.16. The van der Waals surface area contributed by atoms with Crippen molar-refractivity contribution in [3.05, 3.63) is 60.7 Å². The van der Waals surface area contributed by atoms with Crippen LogP contribution in [0.3, 0.4) is 0 Å². The summed E-state index contributed by atoms with van der Waals surface area (Å²) < 4.78 is 7.31. The molecule has 0 aliphatic rings. The molecule has 3 rings (SSSR count). The Balaban J connectivity index is 1.57. The van der Waals surface area contributed by atoms with E-state index < -0.39 is 0 Å². The Kier molecular flexibility index (Phi) is 3.15. The van der Waals surface area contributed by atoms with Gasteiger partial charge in [-0.3, -0.25) is 0 Å². The fraction of sp³-hybridized carbons (Fsp3) is 0.200. The monoisotopic (exact) mass is 240 g/mol. The van der Waals surface area contributed by atoms with Gasteiger partial charge in [0.2, 0.25) is 0 Å². The highest BCUT2D eigenvalue weighted by molar-refractivity contribution is 5.79. The SMILES string of the molecule is c1ccc2c(c1)ccn2CCNCc1ccoc1. The van der Waals surface area contributed by atoms with Crippen molar-refractivity contribution in [1.29, 1.82) is 0 Å². The number of hydrogen-bond donors (Lipinski definition) is 1. The van der Waals surface area contributed by atoms with Gasteiger partial charge in [0.1, 0.15) is 0 Å². The molecule has 0 atom stereocenters. The van der Waals surface area contributed by atoms with E-state index >= 15 is 0 Å². The van der Waals surface area contributed by atoms with Crippen LogP contribution in [0.2, 0.25) is 0 Å². The molecule has 0 saturated carbocycles. The molecular weight excluding hydrogens is 224 g/mol. The molecule has 0 saturated heterocycles. The molecule has 92 valence electrons. The summed E-state index contributed by atoms with van der Waals surface area (Å²) in [7, 11) is 0. The van der Waals surface area contributed by atoms with Gasteiger partial charge in [0.05, 0.1) is 12.5 Å². The maximum atomic E-state index is 5.03. The summed E-state index contributed by atoms with van der Waals surface area (Å²) in [4.78, 5) is 0. The van der Waals surface area contributed by atoms with Crippen molar-refractivity contribution < 1.29 is 4.42 Å². The van der Waals surface area contributed by atoms with Crippen molar-refractivity contribution >= 4 is 10.9 Å². The first kappa shape index (κ1) is 11.1. The Morgan fingerprint density at radius 2 is 2.06 bits per heavy atom. The zero-order chi connectivity index (χ0) is 12.2. The molecule has 3 nitrogen and oxygen atoms in total. The molecule has 0 amide bonds. The quantitative estimate of drug-likeness (QED) is 0.695. The summed E-state index contributed by atoms with van der Waals surface area (Å²) in [5, 5.41) is 4.71. The average molecular weight is 240 g/mol. The van der Waals surface area contributed by atoms with Crippen LogP contribution in [0.25, 0.3) is 10.9 Å². The molecule has 3 heteroatoms. The number of para-hydroxylation sites is 1. The molecule has 1 aromatic carbocycles. The van der Waals surface area contributed by atoms with E-state index in [0.717, 1.165) is 19.6 Å². The highest BCUT2D eigenvalue weighted by atomic mass is 16.3. The van der Waals surface area contributed by atoms with Crippen molar-refractivity contribution in [2.45, 2.75) is 13.1 Å². The van der Waals surface area contributed by atoms with Crippen LogP contribution in [0.1, 0.15) is 5.56 Å². The van der Waals surface area contributed by atoms with Crippen molar-refractivity contribution in [3.63, 3.8) is 0 Å². The smallest absolute Gasteiger partial charge is 0.0947 e. The topological polar surface area (TPSA) is 30.1 Å². The standard InChI is InChI=1S/C15H16N2O/c1-2-4-15-14(3-1)5-8-17(15)9-7-16-11-13-6-10-18-12-13/h1-6,8,10,12,16H,7,9,11H2. The van der Waals surface area contributed by atoms with Crippen molar-refractivity contribution in [1.82, 2.24) is 9.88 Å². The molecule has 0 radical (unpaired) electrons. The molecule has 18 heavy (non-hydrogen) atoms. The lowest BCUT2D eigenvalue weighted by molar-refractivity contribution is 0.557. The third kappa shape index (κ3) is 2.31. The lowest BCUT2D eigenvalue weighted by atomic mass is 10.2. The number of rotatable bonds is 5. The highest BCUT2D eigenvalue weighted by Gasteiger charge is 1.99. The van der Waals surface area contributed by atoms with Crippen LogP contribution in [0, 0.1) is 0 Å². The first-order chi connectivity index (χ1) is 8.93. The summed E-state index contributed by atoms with van der Waals surface area (Å²) in [5.41, 5.74) is 2.48. The van der Waals surface area contributed by atoms with Crippen LogP contribution < -0.4 is 5.32 Å². The van der Waals surface area contributed by atoms with Crippen LogP contribution >= 0.6 is 0 Å². The summed E-state index contributed by atoms with van der Waals surface area (Å²) in [6.45, 7) is 2.78. The maximum Gasteiger partial charge on any atom is 0.0947 e. The van der Waals surface area contributed by atoms with E-state index in [2.05, 4.69) is 46.4 Å². The van der Waals surface area contributed by atoms with Crippen LogP contribution in [0.4, 0.5) is 0 Å². The molecule has 3 aromatic rings.